The fourth-order valence-corrected chi connectivity index (χ4v) is 9.58. The van der Waals surface area contributed by atoms with Crippen molar-refractivity contribution in [1.82, 2.24) is 0 Å². The summed E-state index contributed by atoms with van der Waals surface area (Å²) in [5, 5.41) is 0. The molecule has 2 aliphatic heterocycles. The number of aryl methyl sites for hydroxylation is 2. The maximum Gasteiger partial charge on any atom is 0.0105 e. The van der Waals surface area contributed by atoms with Crippen molar-refractivity contribution in [3.8, 4) is 22.3 Å². The third-order valence-electron chi connectivity index (χ3n) is 5.95. The van der Waals surface area contributed by atoms with Crippen molar-refractivity contribution in [2.24, 2.45) is 0 Å². The molecule has 0 N–H and O–H groups in total. The molecule has 144 valence electrons. The molecule has 2 heterocycles. The molecule has 0 atom stereocenters. The molecule has 0 saturated carbocycles. The molecule has 2 aliphatic rings. The Morgan fingerprint density at radius 1 is 0.448 bits per heavy atom. The summed E-state index contributed by atoms with van der Waals surface area (Å²) in [6, 6.07) is 32.2. The van der Waals surface area contributed by atoms with E-state index in [0.29, 0.717) is 0 Å². The number of hydrogen-bond donors (Lipinski definition) is 0. The maximum absolute atomic E-state index is 2.44. The fourth-order valence-electron chi connectivity index (χ4n) is 4.83. The lowest BCUT2D eigenvalue weighted by Crippen LogP contribution is -1.98. The summed E-state index contributed by atoms with van der Waals surface area (Å²) in [6.07, 6.45) is 0. The van der Waals surface area contributed by atoms with Crippen LogP contribution < -0.4 is 0 Å². The van der Waals surface area contributed by atoms with E-state index in [1.54, 1.807) is 0 Å². The van der Waals surface area contributed by atoms with E-state index in [9.17, 15) is 0 Å². The van der Waals surface area contributed by atoms with E-state index in [-0.39, 0.29) is 0 Å². The summed E-state index contributed by atoms with van der Waals surface area (Å²) in [7, 11) is -1.41. The topological polar surface area (TPSA) is 0 Å². The molecule has 0 unspecified atom stereocenters. The monoisotopic (exact) mass is 394 g/mol. The standard InChI is InChI=1S/C26H20S.C2H6/c1-17-11-13-21-22-14-12-18(2)16-26(22)27(25(21)15-17)23-9-5-3-7-19(23)20-8-4-6-10-24(20)27;1-2/h3-16H,1-2H3;1-2H3. The zero-order chi connectivity index (χ0) is 20.2. The van der Waals surface area contributed by atoms with Gasteiger partial charge in [-0.25, -0.2) is 0 Å². The van der Waals surface area contributed by atoms with Gasteiger partial charge in [-0.3, -0.25) is 0 Å². The molecule has 0 aliphatic carbocycles. The van der Waals surface area contributed by atoms with Gasteiger partial charge in [-0.15, -0.1) is 10.0 Å². The molecule has 6 rings (SSSR count). The lowest BCUT2D eigenvalue weighted by Gasteiger charge is -2.36. The Hall–Kier alpha value is -2.77. The highest BCUT2D eigenvalue weighted by Crippen LogP contribution is 2.84. The van der Waals surface area contributed by atoms with Crippen molar-refractivity contribution < 1.29 is 0 Å². The van der Waals surface area contributed by atoms with Crippen molar-refractivity contribution in [2.75, 3.05) is 0 Å². The number of fused-ring (bicyclic) bond motifs is 10. The van der Waals surface area contributed by atoms with E-state index in [0.717, 1.165) is 0 Å². The fraction of sp³-hybridized carbons (Fsp3) is 0.143. The highest BCUT2D eigenvalue weighted by Gasteiger charge is 2.47. The first-order valence-electron chi connectivity index (χ1n) is 10.4. The summed E-state index contributed by atoms with van der Waals surface area (Å²) in [5.74, 6) is 0. The third-order valence-corrected chi connectivity index (χ3v) is 9.97. The van der Waals surface area contributed by atoms with Gasteiger partial charge in [0.2, 0.25) is 0 Å². The van der Waals surface area contributed by atoms with Gasteiger partial charge in [0, 0.05) is 19.6 Å². The van der Waals surface area contributed by atoms with Gasteiger partial charge in [0.15, 0.2) is 0 Å². The van der Waals surface area contributed by atoms with Crippen LogP contribution in [0.1, 0.15) is 25.0 Å². The van der Waals surface area contributed by atoms with Crippen LogP contribution in [0.3, 0.4) is 0 Å². The van der Waals surface area contributed by atoms with Gasteiger partial charge in [-0.1, -0.05) is 74.5 Å². The zero-order valence-corrected chi connectivity index (χ0v) is 18.3. The van der Waals surface area contributed by atoms with Crippen LogP contribution in [0.15, 0.2) is 105 Å². The molecule has 0 fully saturated rings. The van der Waals surface area contributed by atoms with E-state index in [1.165, 1.54) is 53.0 Å². The van der Waals surface area contributed by atoms with E-state index in [1.807, 2.05) is 13.8 Å². The van der Waals surface area contributed by atoms with Gasteiger partial charge in [0.25, 0.3) is 0 Å². The Kier molecular flexibility index (Phi) is 4.18. The van der Waals surface area contributed by atoms with Crippen LogP contribution in [0.5, 0.6) is 0 Å². The smallest absolute Gasteiger partial charge is 0.0105 e. The summed E-state index contributed by atoms with van der Waals surface area (Å²) >= 11 is 0. The summed E-state index contributed by atoms with van der Waals surface area (Å²) in [5.41, 5.74) is 8.32. The lowest BCUT2D eigenvalue weighted by molar-refractivity contribution is 1.32. The van der Waals surface area contributed by atoms with Gasteiger partial charge >= 0.3 is 0 Å². The summed E-state index contributed by atoms with van der Waals surface area (Å²) in [4.78, 5) is 6.03. The van der Waals surface area contributed by atoms with Gasteiger partial charge in [-0.2, -0.15) is 0 Å². The molecule has 29 heavy (non-hydrogen) atoms. The minimum atomic E-state index is -1.41. The maximum atomic E-state index is 2.44. The highest BCUT2D eigenvalue weighted by molar-refractivity contribution is 8.34. The minimum Gasteiger partial charge on any atom is -0.130 e. The Balaban J connectivity index is 0.000000882. The second-order valence-corrected chi connectivity index (χ2v) is 10.6. The zero-order valence-electron chi connectivity index (χ0n) is 17.5. The van der Waals surface area contributed by atoms with Crippen LogP contribution in [0, 0.1) is 13.8 Å². The number of benzene rings is 4. The molecule has 1 heteroatoms. The molecule has 0 radical (unpaired) electrons. The second kappa shape index (κ2) is 6.64. The Morgan fingerprint density at radius 2 is 0.828 bits per heavy atom. The minimum absolute atomic E-state index is 1.34. The van der Waals surface area contributed by atoms with E-state index in [2.05, 4.69) is 98.8 Å². The van der Waals surface area contributed by atoms with Crippen LogP contribution in [0.4, 0.5) is 0 Å². The average Bonchev–Trinajstić information content (AvgIpc) is 3.22. The molecule has 1 spiro atoms. The van der Waals surface area contributed by atoms with Crippen LogP contribution in [-0.4, -0.2) is 0 Å². The van der Waals surface area contributed by atoms with Crippen LogP contribution in [0.2, 0.25) is 0 Å². The second-order valence-electron chi connectivity index (χ2n) is 7.60. The molecule has 4 aromatic rings. The summed E-state index contributed by atoms with van der Waals surface area (Å²) < 4.78 is 0. The molecule has 0 aromatic heterocycles. The van der Waals surface area contributed by atoms with Gasteiger partial charge in [0.1, 0.15) is 0 Å². The molecule has 0 amide bonds. The quantitative estimate of drug-likeness (QED) is 0.242. The first-order chi connectivity index (χ1) is 14.2. The largest absolute Gasteiger partial charge is 0.130 e. The third kappa shape index (κ3) is 2.28. The normalized spacial score (nSPS) is 14.9. The van der Waals surface area contributed by atoms with Crippen LogP contribution >= 0.6 is 10.0 Å². The van der Waals surface area contributed by atoms with E-state index < -0.39 is 10.0 Å². The van der Waals surface area contributed by atoms with Crippen molar-refractivity contribution in [3.63, 3.8) is 0 Å². The molecule has 4 aromatic carbocycles. The number of rotatable bonds is 0. The Bertz CT molecular complexity index is 1150. The van der Waals surface area contributed by atoms with Crippen molar-refractivity contribution in [3.05, 3.63) is 96.1 Å². The molecular weight excluding hydrogens is 368 g/mol. The first kappa shape index (κ1) is 18.3. The lowest BCUT2D eigenvalue weighted by atomic mass is 10.0. The Labute approximate surface area is 175 Å². The highest BCUT2D eigenvalue weighted by atomic mass is 32.3. The Morgan fingerprint density at radius 3 is 1.28 bits per heavy atom. The van der Waals surface area contributed by atoms with Gasteiger partial charge in [-0.05, 0) is 71.5 Å². The molecule has 0 nitrogen and oxygen atoms in total. The first-order valence-corrected chi connectivity index (χ1v) is 12.1. The molecule has 0 bridgehead atoms. The predicted molar refractivity (Wildman–Crippen MR) is 125 cm³/mol. The van der Waals surface area contributed by atoms with Crippen molar-refractivity contribution >= 4 is 10.0 Å². The van der Waals surface area contributed by atoms with Crippen LogP contribution in [0.25, 0.3) is 22.3 Å². The average molecular weight is 395 g/mol. The SMILES string of the molecule is CC.Cc1ccc2c(c1)S1(c3ccccc3-c3ccccc31)c1cc(C)ccc1-2. The van der Waals surface area contributed by atoms with Gasteiger partial charge < -0.3 is 0 Å². The molecular formula is C28H26S. The number of hydrogen-bond acceptors (Lipinski definition) is 0. The van der Waals surface area contributed by atoms with E-state index in [4.69, 9.17) is 0 Å². The van der Waals surface area contributed by atoms with Crippen LogP contribution in [-0.2, 0) is 0 Å². The summed E-state index contributed by atoms with van der Waals surface area (Å²) in [6.45, 7) is 8.43. The van der Waals surface area contributed by atoms with E-state index >= 15 is 0 Å². The van der Waals surface area contributed by atoms with Crippen molar-refractivity contribution in [1.29, 1.82) is 0 Å². The molecule has 0 saturated heterocycles. The van der Waals surface area contributed by atoms with Crippen molar-refractivity contribution in [2.45, 2.75) is 47.3 Å². The predicted octanol–water partition coefficient (Wildman–Crippen LogP) is 8.63. The van der Waals surface area contributed by atoms with Gasteiger partial charge in [0.05, 0.1) is 0 Å².